The maximum atomic E-state index is 14.2. The average Bonchev–Trinajstić information content (AvgIpc) is 2.39. The van der Waals surface area contributed by atoms with Crippen LogP contribution in [-0.4, -0.2) is 12.6 Å². The average molecular weight is 285 g/mol. The van der Waals surface area contributed by atoms with Crippen molar-refractivity contribution in [2.24, 2.45) is 0 Å². The maximum absolute atomic E-state index is 14.2. The topological polar surface area (TPSA) is 12.0 Å². The summed E-state index contributed by atoms with van der Waals surface area (Å²) in [6.45, 7) is 9.16. The van der Waals surface area contributed by atoms with Crippen molar-refractivity contribution in [2.75, 3.05) is 6.54 Å². The summed E-state index contributed by atoms with van der Waals surface area (Å²) < 4.78 is 14.2. The summed E-state index contributed by atoms with van der Waals surface area (Å²) in [6, 6.07) is 12.3. The van der Waals surface area contributed by atoms with Crippen molar-refractivity contribution in [3.8, 4) is 11.1 Å². The van der Waals surface area contributed by atoms with Gasteiger partial charge in [0.1, 0.15) is 5.82 Å². The number of likely N-dealkylation sites (N-methyl/N-ethyl adjacent to an activating group) is 1. The summed E-state index contributed by atoms with van der Waals surface area (Å²) in [4.78, 5) is 0. The van der Waals surface area contributed by atoms with Gasteiger partial charge >= 0.3 is 0 Å². The normalized spacial score (nSPS) is 12.4. The van der Waals surface area contributed by atoms with Gasteiger partial charge < -0.3 is 5.32 Å². The molecular formula is C19H24FN. The van der Waals surface area contributed by atoms with Crippen LogP contribution in [0, 0.1) is 19.7 Å². The molecule has 1 nitrogen and oxygen atoms in total. The molecule has 1 N–H and O–H groups in total. The third-order valence-corrected chi connectivity index (χ3v) is 3.77. The number of nitrogens with one attached hydrogen (secondary N) is 1. The molecule has 0 aliphatic heterocycles. The van der Waals surface area contributed by atoms with Crippen LogP contribution in [0.25, 0.3) is 11.1 Å². The van der Waals surface area contributed by atoms with Gasteiger partial charge in [-0.1, -0.05) is 37.3 Å². The lowest BCUT2D eigenvalue weighted by atomic mass is 9.96. The molecular weight excluding hydrogens is 261 g/mol. The van der Waals surface area contributed by atoms with Crippen molar-refractivity contribution in [3.05, 3.63) is 58.9 Å². The van der Waals surface area contributed by atoms with E-state index in [-0.39, 0.29) is 5.82 Å². The van der Waals surface area contributed by atoms with Gasteiger partial charge in [0, 0.05) is 11.6 Å². The van der Waals surface area contributed by atoms with Crippen LogP contribution in [0.15, 0.2) is 36.4 Å². The van der Waals surface area contributed by atoms with Crippen LogP contribution in [0.1, 0.15) is 30.5 Å². The Kier molecular flexibility index (Phi) is 5.13. The van der Waals surface area contributed by atoms with E-state index in [9.17, 15) is 4.39 Å². The number of hydrogen-bond donors (Lipinski definition) is 1. The van der Waals surface area contributed by atoms with Crippen molar-refractivity contribution in [1.29, 1.82) is 0 Å². The van der Waals surface area contributed by atoms with E-state index >= 15 is 0 Å². The van der Waals surface area contributed by atoms with Gasteiger partial charge in [-0.25, -0.2) is 4.39 Å². The molecule has 2 aromatic carbocycles. The Morgan fingerprint density at radius 2 is 1.76 bits per heavy atom. The largest absolute Gasteiger partial charge is 0.314 e. The lowest BCUT2D eigenvalue weighted by Gasteiger charge is -2.13. The van der Waals surface area contributed by atoms with Crippen molar-refractivity contribution in [3.63, 3.8) is 0 Å². The van der Waals surface area contributed by atoms with Crippen molar-refractivity contribution >= 4 is 0 Å². The van der Waals surface area contributed by atoms with Gasteiger partial charge in [0.2, 0.25) is 0 Å². The molecule has 0 fully saturated rings. The summed E-state index contributed by atoms with van der Waals surface area (Å²) >= 11 is 0. The van der Waals surface area contributed by atoms with E-state index in [4.69, 9.17) is 0 Å². The molecule has 0 aliphatic rings. The lowest BCUT2D eigenvalue weighted by molar-refractivity contribution is 0.565. The molecule has 2 heteroatoms. The molecule has 0 saturated carbocycles. The minimum Gasteiger partial charge on any atom is -0.314 e. The first-order valence-electron chi connectivity index (χ1n) is 7.60. The predicted molar refractivity (Wildman–Crippen MR) is 88.2 cm³/mol. The smallest absolute Gasteiger partial charge is 0.131 e. The molecule has 1 unspecified atom stereocenters. The van der Waals surface area contributed by atoms with Crippen molar-refractivity contribution < 1.29 is 4.39 Å². The highest BCUT2D eigenvalue weighted by atomic mass is 19.1. The van der Waals surface area contributed by atoms with Crippen LogP contribution in [-0.2, 0) is 6.42 Å². The Labute approximate surface area is 127 Å². The van der Waals surface area contributed by atoms with Gasteiger partial charge in [0.05, 0.1) is 0 Å². The van der Waals surface area contributed by atoms with Crippen LogP contribution in [0.5, 0.6) is 0 Å². The van der Waals surface area contributed by atoms with Gasteiger partial charge in [0.15, 0.2) is 0 Å². The third-order valence-electron chi connectivity index (χ3n) is 3.77. The Balaban J connectivity index is 2.23. The zero-order chi connectivity index (χ0) is 15.4. The number of halogens is 1. The zero-order valence-electron chi connectivity index (χ0n) is 13.3. The van der Waals surface area contributed by atoms with Crippen LogP contribution in [0.2, 0.25) is 0 Å². The maximum Gasteiger partial charge on any atom is 0.131 e. The van der Waals surface area contributed by atoms with Crippen molar-refractivity contribution in [2.45, 2.75) is 40.2 Å². The number of aryl methyl sites for hydroxylation is 2. The molecule has 21 heavy (non-hydrogen) atoms. The molecule has 1 atom stereocenters. The molecule has 2 aromatic rings. The molecule has 0 aliphatic carbocycles. The van der Waals surface area contributed by atoms with Gasteiger partial charge in [-0.15, -0.1) is 0 Å². The minimum atomic E-state index is -0.138. The zero-order valence-corrected chi connectivity index (χ0v) is 13.3. The molecule has 0 saturated heterocycles. The molecule has 0 bridgehead atoms. The van der Waals surface area contributed by atoms with E-state index < -0.39 is 0 Å². The second-order valence-electron chi connectivity index (χ2n) is 5.80. The Hall–Kier alpha value is -1.67. The van der Waals surface area contributed by atoms with Crippen molar-refractivity contribution in [1.82, 2.24) is 5.32 Å². The van der Waals surface area contributed by atoms with E-state index in [0.29, 0.717) is 11.6 Å². The highest BCUT2D eigenvalue weighted by molar-refractivity contribution is 5.68. The number of rotatable bonds is 5. The molecule has 112 valence electrons. The fraction of sp³-hybridized carbons (Fsp3) is 0.368. The summed E-state index contributed by atoms with van der Waals surface area (Å²) in [5.41, 5.74) is 4.89. The van der Waals surface area contributed by atoms with Gasteiger partial charge in [0.25, 0.3) is 0 Å². The van der Waals surface area contributed by atoms with Gasteiger partial charge in [-0.05, 0) is 62.1 Å². The van der Waals surface area contributed by atoms with Crippen LogP contribution in [0.4, 0.5) is 4.39 Å². The molecule has 0 spiro atoms. The molecule has 2 rings (SSSR count). The van der Waals surface area contributed by atoms with Crippen LogP contribution in [0.3, 0.4) is 0 Å². The van der Waals surface area contributed by atoms with Crippen LogP contribution < -0.4 is 5.32 Å². The van der Waals surface area contributed by atoms with E-state index in [1.54, 1.807) is 6.07 Å². The van der Waals surface area contributed by atoms with E-state index in [1.165, 1.54) is 5.56 Å². The SMILES string of the molecule is CCNC(C)Cc1ccc(-c2c(C)cc(C)cc2F)cc1. The Morgan fingerprint density at radius 1 is 1.10 bits per heavy atom. The fourth-order valence-corrected chi connectivity index (χ4v) is 2.86. The monoisotopic (exact) mass is 285 g/mol. The predicted octanol–water partition coefficient (Wildman–Crippen LogP) is 4.65. The first kappa shape index (κ1) is 15.7. The standard InChI is InChI=1S/C19H24FN/c1-5-21-15(4)12-16-6-8-17(9-7-16)19-14(3)10-13(2)11-18(19)20/h6-11,15,21H,5,12H2,1-4H3. The highest BCUT2D eigenvalue weighted by Crippen LogP contribution is 2.28. The van der Waals surface area contributed by atoms with E-state index in [2.05, 4.69) is 31.3 Å². The number of benzene rings is 2. The third kappa shape index (κ3) is 3.92. The molecule has 0 aromatic heterocycles. The molecule has 0 radical (unpaired) electrons. The van der Waals surface area contributed by atoms with Gasteiger partial charge in [-0.2, -0.15) is 0 Å². The lowest BCUT2D eigenvalue weighted by Crippen LogP contribution is -2.27. The summed E-state index contributed by atoms with van der Waals surface area (Å²) in [7, 11) is 0. The fourth-order valence-electron chi connectivity index (χ4n) is 2.86. The Bertz CT molecular complexity index is 578. The summed E-state index contributed by atoms with van der Waals surface area (Å²) in [5, 5.41) is 3.40. The number of hydrogen-bond acceptors (Lipinski definition) is 1. The first-order valence-corrected chi connectivity index (χ1v) is 7.60. The van der Waals surface area contributed by atoms with E-state index in [1.807, 2.05) is 32.0 Å². The highest BCUT2D eigenvalue weighted by Gasteiger charge is 2.10. The minimum absolute atomic E-state index is 0.138. The molecule has 0 heterocycles. The molecule has 0 amide bonds. The summed E-state index contributed by atoms with van der Waals surface area (Å²) in [5.74, 6) is -0.138. The second-order valence-corrected chi connectivity index (χ2v) is 5.80. The van der Waals surface area contributed by atoms with Gasteiger partial charge in [-0.3, -0.25) is 0 Å². The van der Waals surface area contributed by atoms with Crippen LogP contribution >= 0.6 is 0 Å². The Morgan fingerprint density at radius 3 is 2.33 bits per heavy atom. The summed E-state index contributed by atoms with van der Waals surface area (Å²) in [6.07, 6.45) is 0.990. The quantitative estimate of drug-likeness (QED) is 0.843. The van der Waals surface area contributed by atoms with E-state index in [0.717, 1.165) is 29.7 Å². The first-order chi connectivity index (χ1) is 10.0. The second kappa shape index (κ2) is 6.86.